The Bertz CT molecular complexity index is 455. The molecule has 1 saturated heterocycles. The van der Waals surface area contributed by atoms with Crippen LogP contribution in [0.25, 0.3) is 0 Å². The van der Waals surface area contributed by atoms with E-state index in [9.17, 15) is 0 Å². The molecule has 2 aliphatic heterocycles. The average Bonchev–Trinajstić information content (AvgIpc) is 2.79. The average molecular weight is 262 g/mol. The highest BCUT2D eigenvalue weighted by atomic mass is 16.7. The molecule has 1 fully saturated rings. The predicted octanol–water partition coefficient (Wildman–Crippen LogP) is 1.50. The van der Waals surface area contributed by atoms with Crippen LogP contribution >= 0.6 is 0 Å². The molecule has 0 radical (unpaired) electrons. The molecule has 3 rings (SSSR count). The SMILES string of the molecule is CC(C)(CNCC1CNC1)c1ccc2c(c1)OCO2. The zero-order valence-corrected chi connectivity index (χ0v) is 11.7. The van der Waals surface area contributed by atoms with Gasteiger partial charge in [-0.05, 0) is 23.6 Å². The molecule has 4 nitrogen and oxygen atoms in total. The molecule has 0 amide bonds. The van der Waals surface area contributed by atoms with Gasteiger partial charge in [-0.1, -0.05) is 19.9 Å². The van der Waals surface area contributed by atoms with Gasteiger partial charge in [0.1, 0.15) is 0 Å². The van der Waals surface area contributed by atoms with Gasteiger partial charge in [0.15, 0.2) is 11.5 Å². The van der Waals surface area contributed by atoms with Crippen LogP contribution in [-0.2, 0) is 5.41 Å². The maximum Gasteiger partial charge on any atom is 0.231 e. The molecule has 0 unspecified atom stereocenters. The minimum absolute atomic E-state index is 0.0954. The largest absolute Gasteiger partial charge is 0.454 e. The summed E-state index contributed by atoms with van der Waals surface area (Å²) in [5.74, 6) is 2.52. The number of fused-ring (bicyclic) bond motifs is 1. The lowest BCUT2D eigenvalue weighted by molar-refractivity contribution is 0.174. The second kappa shape index (κ2) is 5.02. The molecule has 4 heteroatoms. The fourth-order valence-corrected chi connectivity index (χ4v) is 2.50. The Kier molecular flexibility index (Phi) is 3.37. The van der Waals surface area contributed by atoms with E-state index in [1.807, 2.05) is 6.07 Å². The van der Waals surface area contributed by atoms with Crippen LogP contribution < -0.4 is 20.1 Å². The van der Waals surface area contributed by atoms with E-state index >= 15 is 0 Å². The lowest BCUT2D eigenvalue weighted by Crippen LogP contribution is -2.48. The van der Waals surface area contributed by atoms with Crippen LogP contribution in [0.15, 0.2) is 18.2 Å². The van der Waals surface area contributed by atoms with Crippen molar-refractivity contribution in [1.29, 1.82) is 0 Å². The summed E-state index contributed by atoms with van der Waals surface area (Å²) in [6.07, 6.45) is 0. The lowest BCUT2D eigenvalue weighted by Gasteiger charge is -2.31. The van der Waals surface area contributed by atoms with Crippen LogP contribution in [-0.4, -0.2) is 33.0 Å². The van der Waals surface area contributed by atoms with Crippen molar-refractivity contribution in [3.8, 4) is 11.5 Å². The van der Waals surface area contributed by atoms with Gasteiger partial charge in [-0.2, -0.15) is 0 Å². The van der Waals surface area contributed by atoms with Crippen molar-refractivity contribution in [1.82, 2.24) is 10.6 Å². The second-order valence-corrected chi connectivity index (χ2v) is 6.11. The van der Waals surface area contributed by atoms with Crippen molar-refractivity contribution in [2.45, 2.75) is 19.3 Å². The van der Waals surface area contributed by atoms with E-state index in [1.165, 1.54) is 5.56 Å². The molecule has 0 aliphatic carbocycles. The highest BCUT2D eigenvalue weighted by molar-refractivity contribution is 5.46. The number of ether oxygens (including phenoxy) is 2. The van der Waals surface area contributed by atoms with E-state index in [0.29, 0.717) is 6.79 Å². The first-order valence-electron chi connectivity index (χ1n) is 6.97. The monoisotopic (exact) mass is 262 g/mol. The highest BCUT2D eigenvalue weighted by Gasteiger charge is 2.24. The van der Waals surface area contributed by atoms with Crippen LogP contribution in [0.5, 0.6) is 11.5 Å². The fourth-order valence-electron chi connectivity index (χ4n) is 2.50. The molecule has 104 valence electrons. The van der Waals surface area contributed by atoms with Crippen LogP contribution in [0.3, 0.4) is 0 Å². The van der Waals surface area contributed by atoms with Gasteiger partial charge < -0.3 is 20.1 Å². The van der Waals surface area contributed by atoms with Crippen molar-refractivity contribution < 1.29 is 9.47 Å². The third-order valence-electron chi connectivity index (χ3n) is 4.02. The summed E-state index contributed by atoms with van der Waals surface area (Å²) >= 11 is 0. The van der Waals surface area contributed by atoms with E-state index in [1.54, 1.807) is 0 Å². The Morgan fingerprint density at radius 1 is 1.26 bits per heavy atom. The van der Waals surface area contributed by atoms with E-state index < -0.39 is 0 Å². The number of nitrogens with one attached hydrogen (secondary N) is 2. The minimum Gasteiger partial charge on any atom is -0.454 e. The van der Waals surface area contributed by atoms with Gasteiger partial charge in [0, 0.05) is 31.6 Å². The Morgan fingerprint density at radius 2 is 2.05 bits per heavy atom. The standard InChI is InChI=1S/C15H22N2O2/c1-15(2,9-17-8-11-6-16-7-11)12-3-4-13-14(5-12)19-10-18-13/h3-5,11,16-17H,6-10H2,1-2H3. The van der Waals surface area contributed by atoms with Crippen molar-refractivity contribution in [2.24, 2.45) is 5.92 Å². The molecule has 2 N–H and O–H groups in total. The Labute approximate surface area is 114 Å². The summed E-state index contributed by atoms with van der Waals surface area (Å²) in [6, 6.07) is 6.25. The summed E-state index contributed by atoms with van der Waals surface area (Å²) in [6.45, 7) is 9.23. The molecule has 1 aromatic rings. The molecule has 0 bridgehead atoms. The quantitative estimate of drug-likeness (QED) is 0.844. The van der Waals surface area contributed by atoms with Crippen LogP contribution in [0.1, 0.15) is 19.4 Å². The summed E-state index contributed by atoms with van der Waals surface area (Å²) in [5.41, 5.74) is 1.38. The normalized spacial score (nSPS) is 18.4. The van der Waals surface area contributed by atoms with Crippen molar-refractivity contribution >= 4 is 0 Å². The first-order valence-corrected chi connectivity index (χ1v) is 6.97. The number of benzene rings is 1. The highest BCUT2D eigenvalue weighted by Crippen LogP contribution is 2.36. The molecule has 19 heavy (non-hydrogen) atoms. The number of hydrogen-bond donors (Lipinski definition) is 2. The number of hydrogen-bond acceptors (Lipinski definition) is 4. The molecule has 0 aromatic heterocycles. The smallest absolute Gasteiger partial charge is 0.231 e. The molecule has 1 aromatic carbocycles. The first-order chi connectivity index (χ1) is 9.15. The van der Waals surface area contributed by atoms with Gasteiger partial charge >= 0.3 is 0 Å². The van der Waals surface area contributed by atoms with Gasteiger partial charge in [0.25, 0.3) is 0 Å². The van der Waals surface area contributed by atoms with E-state index in [4.69, 9.17) is 9.47 Å². The molecular weight excluding hydrogens is 240 g/mol. The molecular formula is C15H22N2O2. The summed E-state index contributed by atoms with van der Waals surface area (Å²) < 4.78 is 10.8. The van der Waals surface area contributed by atoms with Crippen molar-refractivity contribution in [3.63, 3.8) is 0 Å². The first kappa shape index (κ1) is 12.8. The van der Waals surface area contributed by atoms with Crippen LogP contribution in [0, 0.1) is 5.92 Å². The summed E-state index contributed by atoms with van der Waals surface area (Å²) in [4.78, 5) is 0. The molecule has 2 aliphatic rings. The molecule has 0 atom stereocenters. The minimum atomic E-state index is 0.0954. The predicted molar refractivity (Wildman–Crippen MR) is 74.8 cm³/mol. The molecule has 0 spiro atoms. The van der Waals surface area contributed by atoms with Gasteiger partial charge in [0.05, 0.1) is 0 Å². The summed E-state index contributed by atoms with van der Waals surface area (Å²) in [7, 11) is 0. The maximum atomic E-state index is 5.45. The van der Waals surface area contributed by atoms with E-state index in [-0.39, 0.29) is 5.41 Å². The molecule has 2 heterocycles. The zero-order chi connectivity index (χ0) is 13.3. The maximum absolute atomic E-state index is 5.45. The lowest BCUT2D eigenvalue weighted by atomic mass is 9.84. The van der Waals surface area contributed by atoms with Crippen LogP contribution in [0.2, 0.25) is 0 Å². The fraction of sp³-hybridized carbons (Fsp3) is 0.600. The van der Waals surface area contributed by atoms with Gasteiger partial charge in [-0.3, -0.25) is 0 Å². The van der Waals surface area contributed by atoms with Gasteiger partial charge in [0.2, 0.25) is 6.79 Å². The van der Waals surface area contributed by atoms with Gasteiger partial charge in [-0.15, -0.1) is 0 Å². The Balaban J connectivity index is 1.61. The van der Waals surface area contributed by atoms with Crippen molar-refractivity contribution in [3.05, 3.63) is 23.8 Å². The Morgan fingerprint density at radius 3 is 2.79 bits per heavy atom. The molecule has 0 saturated carbocycles. The topological polar surface area (TPSA) is 42.5 Å². The van der Waals surface area contributed by atoms with Gasteiger partial charge in [-0.25, -0.2) is 0 Å². The van der Waals surface area contributed by atoms with E-state index in [2.05, 4.69) is 36.6 Å². The number of rotatable bonds is 5. The second-order valence-electron chi connectivity index (χ2n) is 6.11. The van der Waals surface area contributed by atoms with Crippen molar-refractivity contribution in [2.75, 3.05) is 33.0 Å². The summed E-state index contributed by atoms with van der Waals surface area (Å²) in [5, 5.41) is 6.88. The third kappa shape index (κ3) is 2.69. The zero-order valence-electron chi connectivity index (χ0n) is 11.7. The Hall–Kier alpha value is -1.26. The van der Waals surface area contributed by atoms with E-state index in [0.717, 1.165) is 43.6 Å². The van der Waals surface area contributed by atoms with Crippen LogP contribution in [0.4, 0.5) is 0 Å². The third-order valence-corrected chi connectivity index (χ3v) is 4.02.